The Bertz CT molecular complexity index is 1360. The van der Waals surface area contributed by atoms with Crippen molar-refractivity contribution in [2.45, 2.75) is 51.1 Å². The van der Waals surface area contributed by atoms with Crippen LogP contribution in [0.2, 0.25) is 10.0 Å². The summed E-state index contributed by atoms with van der Waals surface area (Å²) < 4.78 is 28.7. The topological polar surface area (TPSA) is 86.8 Å². The molecule has 0 aliphatic carbocycles. The van der Waals surface area contributed by atoms with Gasteiger partial charge in [0, 0.05) is 23.1 Å². The second-order valence-corrected chi connectivity index (χ2v) is 12.0. The Morgan fingerprint density at radius 3 is 2.15 bits per heavy atom. The Labute approximate surface area is 240 Å². The molecule has 0 fully saturated rings. The molecule has 7 nitrogen and oxygen atoms in total. The number of unbranched alkanes of at least 4 members (excludes halogenated alkanes) is 1. The second kappa shape index (κ2) is 13.8. The Morgan fingerprint density at radius 1 is 0.949 bits per heavy atom. The van der Waals surface area contributed by atoms with Crippen LogP contribution in [0, 0.1) is 6.92 Å². The first-order chi connectivity index (χ1) is 18.5. The number of aryl methyl sites for hydroxylation is 1. The first-order valence-electron chi connectivity index (χ1n) is 12.7. The van der Waals surface area contributed by atoms with E-state index in [1.807, 2.05) is 44.2 Å². The summed E-state index contributed by atoms with van der Waals surface area (Å²) in [4.78, 5) is 28.3. The van der Waals surface area contributed by atoms with Gasteiger partial charge >= 0.3 is 0 Å². The zero-order valence-corrected chi connectivity index (χ0v) is 24.6. The number of sulfonamides is 1. The Balaban J connectivity index is 2.02. The molecule has 0 radical (unpaired) electrons. The molecular weight excluding hydrogens is 557 g/mol. The van der Waals surface area contributed by atoms with Gasteiger partial charge in [-0.15, -0.1) is 0 Å². The monoisotopic (exact) mass is 589 g/mol. The van der Waals surface area contributed by atoms with Gasteiger partial charge in [0.05, 0.1) is 10.6 Å². The maximum atomic E-state index is 13.9. The van der Waals surface area contributed by atoms with Gasteiger partial charge in [-0.25, -0.2) is 8.42 Å². The number of nitrogens with zero attached hydrogens (tertiary/aromatic N) is 2. The molecule has 0 unspecified atom stereocenters. The number of hydrogen-bond acceptors (Lipinski definition) is 4. The van der Waals surface area contributed by atoms with E-state index in [4.69, 9.17) is 23.2 Å². The van der Waals surface area contributed by atoms with Crippen LogP contribution in [0.15, 0.2) is 77.7 Å². The third-order valence-corrected chi connectivity index (χ3v) is 8.44. The third-order valence-electron chi connectivity index (χ3n) is 6.22. The van der Waals surface area contributed by atoms with Crippen molar-refractivity contribution in [3.63, 3.8) is 0 Å². The number of rotatable bonds is 12. The Kier molecular flexibility index (Phi) is 10.8. The van der Waals surface area contributed by atoms with E-state index in [-0.39, 0.29) is 33.1 Å². The zero-order chi connectivity index (χ0) is 28.6. The van der Waals surface area contributed by atoms with E-state index in [2.05, 4.69) is 5.32 Å². The van der Waals surface area contributed by atoms with Crippen molar-refractivity contribution in [1.29, 1.82) is 0 Å². The highest BCUT2D eigenvalue weighted by Crippen LogP contribution is 2.30. The van der Waals surface area contributed by atoms with E-state index in [9.17, 15) is 18.0 Å². The van der Waals surface area contributed by atoms with E-state index in [1.165, 1.54) is 35.2 Å². The highest BCUT2D eigenvalue weighted by molar-refractivity contribution is 7.92. The first kappa shape index (κ1) is 30.5. The Hall–Kier alpha value is -3.07. The van der Waals surface area contributed by atoms with Gasteiger partial charge in [0.2, 0.25) is 11.8 Å². The molecule has 208 valence electrons. The summed E-state index contributed by atoms with van der Waals surface area (Å²) in [5.41, 5.74) is 1.83. The zero-order valence-electron chi connectivity index (χ0n) is 22.2. The van der Waals surface area contributed by atoms with E-state index in [0.29, 0.717) is 6.54 Å². The lowest BCUT2D eigenvalue weighted by molar-refractivity contribution is -0.139. The van der Waals surface area contributed by atoms with Gasteiger partial charge in [0.1, 0.15) is 12.6 Å². The lowest BCUT2D eigenvalue weighted by Gasteiger charge is -2.32. The quantitative estimate of drug-likeness (QED) is 0.269. The highest BCUT2D eigenvalue weighted by atomic mass is 35.5. The highest BCUT2D eigenvalue weighted by Gasteiger charge is 2.32. The van der Waals surface area contributed by atoms with Crippen LogP contribution in [0.4, 0.5) is 5.69 Å². The number of benzene rings is 3. The number of hydrogen-bond donors (Lipinski definition) is 1. The van der Waals surface area contributed by atoms with E-state index < -0.39 is 28.5 Å². The molecule has 1 atom stereocenters. The molecule has 0 aliphatic rings. The number of anilines is 1. The van der Waals surface area contributed by atoms with Gasteiger partial charge in [-0.3, -0.25) is 13.9 Å². The summed E-state index contributed by atoms with van der Waals surface area (Å²) in [6, 6.07) is 19.1. The third kappa shape index (κ3) is 8.21. The van der Waals surface area contributed by atoms with Crippen molar-refractivity contribution in [3.8, 4) is 0 Å². The SMILES string of the molecule is CCCCNC(=O)[C@@H](C)N(Cc1ccccc1)C(=O)CN(c1cc(Cl)cc(Cl)c1)S(=O)(=O)c1ccc(C)cc1. The van der Waals surface area contributed by atoms with Crippen molar-refractivity contribution < 1.29 is 18.0 Å². The minimum Gasteiger partial charge on any atom is -0.354 e. The average molecular weight is 591 g/mol. The van der Waals surface area contributed by atoms with Crippen LogP contribution in [0.25, 0.3) is 0 Å². The fourth-order valence-electron chi connectivity index (χ4n) is 3.95. The number of carbonyl (C=O) groups excluding carboxylic acids is 2. The summed E-state index contributed by atoms with van der Waals surface area (Å²) in [5, 5.41) is 3.31. The van der Waals surface area contributed by atoms with E-state index >= 15 is 0 Å². The lowest BCUT2D eigenvalue weighted by Crippen LogP contribution is -2.51. The molecule has 39 heavy (non-hydrogen) atoms. The van der Waals surface area contributed by atoms with Gasteiger partial charge in [0.15, 0.2) is 0 Å². The van der Waals surface area contributed by atoms with Gasteiger partial charge in [-0.1, -0.05) is 84.6 Å². The van der Waals surface area contributed by atoms with Gasteiger partial charge in [-0.05, 0) is 56.2 Å². The predicted octanol–water partition coefficient (Wildman–Crippen LogP) is 5.83. The molecule has 0 saturated heterocycles. The molecule has 3 rings (SSSR count). The molecule has 0 aliphatic heterocycles. The molecule has 0 heterocycles. The first-order valence-corrected chi connectivity index (χ1v) is 14.9. The number of nitrogens with one attached hydrogen (secondary N) is 1. The fourth-order valence-corrected chi connectivity index (χ4v) is 5.86. The molecule has 0 aromatic heterocycles. The predicted molar refractivity (Wildman–Crippen MR) is 157 cm³/mol. The van der Waals surface area contributed by atoms with Crippen LogP contribution >= 0.6 is 23.2 Å². The molecule has 0 bridgehead atoms. The molecule has 1 N–H and O–H groups in total. The molecule has 3 aromatic rings. The van der Waals surface area contributed by atoms with Crippen LogP contribution in [0.1, 0.15) is 37.8 Å². The number of amides is 2. The summed E-state index contributed by atoms with van der Waals surface area (Å²) >= 11 is 12.4. The average Bonchev–Trinajstić information content (AvgIpc) is 2.90. The van der Waals surface area contributed by atoms with Crippen LogP contribution in [-0.2, 0) is 26.2 Å². The van der Waals surface area contributed by atoms with Gasteiger partial charge in [0.25, 0.3) is 10.0 Å². The van der Waals surface area contributed by atoms with Crippen LogP contribution in [0.5, 0.6) is 0 Å². The summed E-state index contributed by atoms with van der Waals surface area (Å²) in [5.74, 6) is -0.866. The smallest absolute Gasteiger partial charge is 0.264 e. The van der Waals surface area contributed by atoms with Crippen molar-refractivity contribution in [2.75, 3.05) is 17.4 Å². The normalized spacial score (nSPS) is 12.0. The second-order valence-electron chi connectivity index (χ2n) is 9.28. The maximum absolute atomic E-state index is 13.9. The molecular formula is C29H33Cl2N3O4S. The number of carbonyl (C=O) groups is 2. The summed E-state index contributed by atoms with van der Waals surface area (Å²) in [6.07, 6.45) is 1.72. The van der Waals surface area contributed by atoms with Gasteiger partial charge in [-0.2, -0.15) is 0 Å². The lowest BCUT2D eigenvalue weighted by atomic mass is 10.1. The minimum atomic E-state index is -4.20. The van der Waals surface area contributed by atoms with Crippen LogP contribution in [-0.4, -0.2) is 44.3 Å². The van der Waals surface area contributed by atoms with Gasteiger partial charge < -0.3 is 10.2 Å². The van der Waals surface area contributed by atoms with Crippen molar-refractivity contribution >= 4 is 50.7 Å². The molecule has 0 spiro atoms. The molecule has 3 aromatic carbocycles. The van der Waals surface area contributed by atoms with Crippen LogP contribution < -0.4 is 9.62 Å². The van der Waals surface area contributed by atoms with E-state index in [1.54, 1.807) is 19.1 Å². The molecule has 10 heteroatoms. The Morgan fingerprint density at radius 2 is 1.56 bits per heavy atom. The van der Waals surface area contributed by atoms with E-state index in [0.717, 1.165) is 28.3 Å². The minimum absolute atomic E-state index is 0.0111. The van der Waals surface area contributed by atoms with Crippen molar-refractivity contribution in [3.05, 3.63) is 94.0 Å². The van der Waals surface area contributed by atoms with Crippen molar-refractivity contribution in [2.24, 2.45) is 0 Å². The largest absolute Gasteiger partial charge is 0.354 e. The fraction of sp³-hybridized carbons (Fsp3) is 0.310. The number of halogens is 2. The molecule has 0 saturated carbocycles. The standard InChI is InChI=1S/C29H33Cl2N3O4S/c1-4-5-15-32-29(36)22(3)33(19-23-9-7-6-8-10-23)28(35)20-34(26-17-24(30)16-25(31)18-26)39(37,38)27-13-11-21(2)12-14-27/h6-14,16-18,22H,4-5,15,19-20H2,1-3H3,(H,32,36)/t22-/m1/s1. The summed E-state index contributed by atoms with van der Waals surface area (Å²) in [7, 11) is -4.20. The van der Waals surface area contributed by atoms with Crippen molar-refractivity contribution in [1.82, 2.24) is 10.2 Å². The maximum Gasteiger partial charge on any atom is 0.264 e. The molecule has 2 amide bonds. The van der Waals surface area contributed by atoms with Crippen LogP contribution in [0.3, 0.4) is 0 Å². The summed E-state index contributed by atoms with van der Waals surface area (Å²) in [6.45, 7) is 5.55.